The van der Waals surface area contributed by atoms with Crippen molar-refractivity contribution in [3.63, 3.8) is 0 Å². The zero-order valence-electron chi connectivity index (χ0n) is 8.92. The molecule has 0 aliphatic carbocycles. The molecule has 0 aliphatic rings. The number of nitrogens with two attached hydrogens (primary N) is 2. The summed E-state index contributed by atoms with van der Waals surface area (Å²) in [4.78, 5) is 0. The van der Waals surface area contributed by atoms with Crippen LogP contribution in [0.3, 0.4) is 0 Å². The van der Waals surface area contributed by atoms with Gasteiger partial charge in [0.25, 0.3) is 0 Å². The number of ether oxygens (including phenoxy) is 1. The Hall–Kier alpha value is -2.24. The van der Waals surface area contributed by atoms with E-state index < -0.39 is 0 Å². The van der Waals surface area contributed by atoms with Gasteiger partial charge in [-0.1, -0.05) is 0 Å². The number of nitrogens with zero attached hydrogens (tertiary/aromatic N) is 2. The molecule has 6 nitrogen and oxygen atoms in total. The van der Waals surface area contributed by atoms with Crippen molar-refractivity contribution in [3.05, 3.63) is 23.8 Å². The Bertz CT molecular complexity index is 411. The van der Waals surface area contributed by atoms with Crippen LogP contribution in [0.15, 0.2) is 28.4 Å². The number of benzene rings is 1. The standard InChI is InChI=1S/C10H14N4O2/c1-2-16-9-5-7(3-4-8(9)15)6-13-14-10(11)12/h3-6,15H,2H2,1H3,(H4,11,12,14). The van der Waals surface area contributed by atoms with E-state index in [4.69, 9.17) is 16.2 Å². The lowest BCUT2D eigenvalue weighted by Gasteiger charge is -2.05. The number of hydrogen-bond donors (Lipinski definition) is 3. The second kappa shape index (κ2) is 5.59. The van der Waals surface area contributed by atoms with E-state index in [1.165, 1.54) is 12.3 Å². The molecular formula is C10H14N4O2. The van der Waals surface area contributed by atoms with Gasteiger partial charge in [0.05, 0.1) is 12.8 Å². The summed E-state index contributed by atoms with van der Waals surface area (Å²) in [5.41, 5.74) is 10.9. The highest BCUT2D eigenvalue weighted by Crippen LogP contribution is 2.26. The van der Waals surface area contributed by atoms with Crippen molar-refractivity contribution in [2.75, 3.05) is 6.61 Å². The molecule has 0 heterocycles. The summed E-state index contributed by atoms with van der Waals surface area (Å²) in [6.07, 6.45) is 1.46. The molecule has 1 aromatic rings. The van der Waals surface area contributed by atoms with Crippen LogP contribution in [0, 0.1) is 0 Å². The van der Waals surface area contributed by atoms with E-state index in [0.717, 1.165) is 5.56 Å². The zero-order chi connectivity index (χ0) is 12.0. The molecule has 0 spiro atoms. The molecule has 1 rings (SSSR count). The van der Waals surface area contributed by atoms with E-state index in [9.17, 15) is 5.11 Å². The van der Waals surface area contributed by atoms with Gasteiger partial charge in [0.2, 0.25) is 5.96 Å². The van der Waals surface area contributed by atoms with E-state index in [1.54, 1.807) is 12.1 Å². The molecule has 6 heteroatoms. The smallest absolute Gasteiger partial charge is 0.211 e. The first-order valence-corrected chi connectivity index (χ1v) is 4.71. The summed E-state index contributed by atoms with van der Waals surface area (Å²) in [6, 6.07) is 4.83. The first-order valence-electron chi connectivity index (χ1n) is 4.71. The molecule has 0 fully saturated rings. The topological polar surface area (TPSA) is 106 Å². The molecule has 0 saturated carbocycles. The third-order valence-corrected chi connectivity index (χ3v) is 1.66. The van der Waals surface area contributed by atoms with Gasteiger partial charge in [0, 0.05) is 0 Å². The second-order valence-electron chi connectivity index (χ2n) is 2.93. The van der Waals surface area contributed by atoms with Crippen LogP contribution in [-0.2, 0) is 0 Å². The normalized spacial score (nSPS) is 10.3. The van der Waals surface area contributed by atoms with Crippen molar-refractivity contribution in [2.45, 2.75) is 6.92 Å². The van der Waals surface area contributed by atoms with Crippen molar-refractivity contribution in [1.82, 2.24) is 0 Å². The Kier molecular flexibility index (Phi) is 4.14. The van der Waals surface area contributed by atoms with Crippen LogP contribution in [0.4, 0.5) is 0 Å². The minimum atomic E-state index is -0.111. The van der Waals surface area contributed by atoms with Gasteiger partial charge in [-0.05, 0) is 30.7 Å². The summed E-state index contributed by atoms with van der Waals surface area (Å²) in [6.45, 7) is 2.31. The Morgan fingerprint density at radius 2 is 2.25 bits per heavy atom. The van der Waals surface area contributed by atoms with Crippen molar-refractivity contribution in [3.8, 4) is 11.5 Å². The number of phenolic OH excluding ortho intramolecular Hbond substituents is 1. The molecule has 5 N–H and O–H groups in total. The van der Waals surface area contributed by atoms with E-state index in [1.807, 2.05) is 6.92 Å². The lowest BCUT2D eigenvalue weighted by Crippen LogP contribution is -2.21. The highest BCUT2D eigenvalue weighted by atomic mass is 16.5. The maximum Gasteiger partial charge on any atom is 0.211 e. The molecule has 1 aromatic carbocycles. The molecule has 0 aliphatic heterocycles. The van der Waals surface area contributed by atoms with Gasteiger partial charge in [0.1, 0.15) is 0 Å². The Balaban J connectivity index is 2.86. The van der Waals surface area contributed by atoms with Gasteiger partial charge in [-0.25, -0.2) is 0 Å². The molecule has 0 atom stereocenters. The summed E-state index contributed by atoms with van der Waals surface area (Å²) in [7, 11) is 0. The Morgan fingerprint density at radius 1 is 1.50 bits per heavy atom. The largest absolute Gasteiger partial charge is 0.504 e. The molecule has 0 radical (unpaired) electrons. The molecule has 16 heavy (non-hydrogen) atoms. The van der Waals surface area contributed by atoms with E-state index in [-0.39, 0.29) is 11.7 Å². The first-order chi connectivity index (χ1) is 7.63. The second-order valence-corrected chi connectivity index (χ2v) is 2.93. The summed E-state index contributed by atoms with van der Waals surface area (Å²) < 4.78 is 5.21. The quantitative estimate of drug-likeness (QED) is 0.389. The van der Waals surface area contributed by atoms with Crippen molar-refractivity contribution >= 4 is 12.2 Å². The van der Waals surface area contributed by atoms with Gasteiger partial charge >= 0.3 is 0 Å². The molecule has 86 valence electrons. The van der Waals surface area contributed by atoms with Gasteiger partial charge < -0.3 is 21.3 Å². The Morgan fingerprint density at radius 3 is 2.88 bits per heavy atom. The SMILES string of the molecule is CCOc1cc(C=NN=C(N)N)ccc1O. The third kappa shape index (κ3) is 3.49. The maximum atomic E-state index is 9.44. The predicted octanol–water partition coefficient (Wildman–Crippen LogP) is 0.398. The van der Waals surface area contributed by atoms with E-state index >= 15 is 0 Å². The zero-order valence-corrected chi connectivity index (χ0v) is 8.92. The number of rotatable bonds is 4. The summed E-state index contributed by atoms with van der Waals surface area (Å²) >= 11 is 0. The van der Waals surface area contributed by atoms with Gasteiger partial charge in [-0.15, -0.1) is 5.10 Å². The average Bonchev–Trinajstić information content (AvgIpc) is 2.22. The molecule has 0 saturated heterocycles. The van der Waals surface area contributed by atoms with Crippen molar-refractivity contribution in [2.24, 2.45) is 21.7 Å². The van der Waals surface area contributed by atoms with Crippen LogP contribution in [0.2, 0.25) is 0 Å². The van der Waals surface area contributed by atoms with Gasteiger partial charge in [-0.3, -0.25) is 0 Å². The number of hydrogen-bond acceptors (Lipinski definition) is 4. The van der Waals surface area contributed by atoms with Crippen LogP contribution in [0.1, 0.15) is 12.5 Å². The molecule has 0 unspecified atom stereocenters. The number of phenols is 1. The van der Waals surface area contributed by atoms with Crippen LogP contribution in [-0.4, -0.2) is 23.9 Å². The van der Waals surface area contributed by atoms with Crippen molar-refractivity contribution < 1.29 is 9.84 Å². The fourth-order valence-electron chi connectivity index (χ4n) is 1.04. The lowest BCUT2D eigenvalue weighted by atomic mass is 10.2. The molecular weight excluding hydrogens is 208 g/mol. The molecule has 0 amide bonds. The minimum Gasteiger partial charge on any atom is -0.504 e. The highest BCUT2D eigenvalue weighted by Gasteiger charge is 2.01. The maximum absolute atomic E-state index is 9.44. The van der Waals surface area contributed by atoms with E-state index in [0.29, 0.717) is 12.4 Å². The van der Waals surface area contributed by atoms with Crippen LogP contribution in [0.5, 0.6) is 11.5 Å². The predicted molar refractivity (Wildman–Crippen MR) is 62.7 cm³/mol. The summed E-state index contributed by atoms with van der Waals surface area (Å²) in [5.74, 6) is 0.372. The monoisotopic (exact) mass is 222 g/mol. The third-order valence-electron chi connectivity index (χ3n) is 1.66. The average molecular weight is 222 g/mol. The van der Waals surface area contributed by atoms with E-state index in [2.05, 4.69) is 10.2 Å². The van der Waals surface area contributed by atoms with Crippen LogP contribution < -0.4 is 16.2 Å². The van der Waals surface area contributed by atoms with Gasteiger partial charge in [0.15, 0.2) is 11.5 Å². The first kappa shape index (κ1) is 11.8. The van der Waals surface area contributed by atoms with Gasteiger partial charge in [-0.2, -0.15) is 5.10 Å². The molecule has 0 aromatic heterocycles. The van der Waals surface area contributed by atoms with Crippen LogP contribution in [0.25, 0.3) is 0 Å². The van der Waals surface area contributed by atoms with Crippen LogP contribution >= 0.6 is 0 Å². The highest BCUT2D eigenvalue weighted by molar-refractivity contribution is 5.82. The fourth-order valence-corrected chi connectivity index (χ4v) is 1.04. The van der Waals surface area contributed by atoms with Crippen molar-refractivity contribution in [1.29, 1.82) is 0 Å². The fraction of sp³-hybridized carbons (Fsp3) is 0.200. The summed E-state index contributed by atoms with van der Waals surface area (Å²) in [5, 5.41) is 16.5. The number of aromatic hydroxyl groups is 1. The molecule has 0 bridgehead atoms. The minimum absolute atomic E-state index is 0.0841. The Labute approximate surface area is 93.2 Å². The number of guanidine groups is 1. The lowest BCUT2D eigenvalue weighted by molar-refractivity contribution is 0.318.